The molecule has 82 valence electrons. The third kappa shape index (κ3) is 3.27. The lowest BCUT2D eigenvalue weighted by atomic mass is 10.1. The summed E-state index contributed by atoms with van der Waals surface area (Å²) in [5.41, 5.74) is 0. The maximum atomic E-state index is 11.6. The van der Waals surface area contributed by atoms with Crippen molar-refractivity contribution in [3.05, 3.63) is 0 Å². The fourth-order valence-corrected chi connectivity index (χ4v) is 1.61. The van der Waals surface area contributed by atoms with Crippen LogP contribution in [0.25, 0.3) is 0 Å². The van der Waals surface area contributed by atoms with Crippen molar-refractivity contribution >= 4 is 5.91 Å². The van der Waals surface area contributed by atoms with Crippen LogP contribution in [0, 0.1) is 0 Å². The Kier molecular flexibility index (Phi) is 4.90. The van der Waals surface area contributed by atoms with Gasteiger partial charge in [0, 0.05) is 19.3 Å². The zero-order valence-electron chi connectivity index (χ0n) is 8.66. The molecule has 2 unspecified atom stereocenters. The van der Waals surface area contributed by atoms with Crippen molar-refractivity contribution in [2.24, 2.45) is 0 Å². The van der Waals surface area contributed by atoms with Crippen molar-refractivity contribution in [2.75, 3.05) is 13.2 Å². The van der Waals surface area contributed by atoms with Crippen LogP contribution in [0.3, 0.4) is 0 Å². The molecule has 0 radical (unpaired) electrons. The Hall–Kier alpha value is -0.610. The molecule has 0 aromatic heterocycles. The van der Waals surface area contributed by atoms with Gasteiger partial charge in [-0.2, -0.15) is 0 Å². The van der Waals surface area contributed by atoms with Crippen LogP contribution in [0.15, 0.2) is 0 Å². The Bertz CT molecular complexity index is 178. The summed E-state index contributed by atoms with van der Waals surface area (Å²) in [4.78, 5) is 11.6. The number of carbonyl (C=O) groups excluding carboxylic acids is 1. The topological polar surface area (TPSA) is 58.6 Å². The normalized spacial score (nSPS) is 23.4. The van der Waals surface area contributed by atoms with Crippen molar-refractivity contribution in [1.29, 1.82) is 0 Å². The number of aliphatic hydroxyl groups is 1. The highest BCUT2D eigenvalue weighted by molar-refractivity contribution is 5.81. The molecular formula is C10H19NO3. The molecule has 2 N–H and O–H groups in total. The molecule has 0 aromatic carbocycles. The maximum absolute atomic E-state index is 11.6. The average molecular weight is 201 g/mol. The summed E-state index contributed by atoms with van der Waals surface area (Å²) < 4.78 is 5.26. The van der Waals surface area contributed by atoms with E-state index in [9.17, 15) is 4.79 Å². The number of nitrogens with one attached hydrogen (secondary N) is 1. The lowest BCUT2D eigenvalue weighted by Crippen LogP contribution is -2.41. The van der Waals surface area contributed by atoms with Gasteiger partial charge in [0.25, 0.3) is 0 Å². The first-order valence-corrected chi connectivity index (χ1v) is 5.30. The predicted molar refractivity (Wildman–Crippen MR) is 52.9 cm³/mol. The van der Waals surface area contributed by atoms with E-state index in [1.165, 1.54) is 0 Å². The minimum absolute atomic E-state index is 0.0252. The third-order valence-electron chi connectivity index (χ3n) is 2.54. The van der Waals surface area contributed by atoms with Gasteiger partial charge < -0.3 is 15.2 Å². The Morgan fingerprint density at radius 1 is 1.71 bits per heavy atom. The number of hydrogen-bond acceptors (Lipinski definition) is 3. The summed E-state index contributed by atoms with van der Waals surface area (Å²) in [5.74, 6) is -0.0252. The molecule has 1 saturated heterocycles. The van der Waals surface area contributed by atoms with Gasteiger partial charge in [-0.1, -0.05) is 6.92 Å². The fraction of sp³-hybridized carbons (Fsp3) is 0.900. The maximum Gasteiger partial charge on any atom is 0.249 e. The minimum atomic E-state index is -0.261. The number of carbonyl (C=O) groups is 1. The third-order valence-corrected chi connectivity index (χ3v) is 2.54. The number of rotatable bonds is 5. The van der Waals surface area contributed by atoms with E-state index in [2.05, 4.69) is 5.32 Å². The van der Waals surface area contributed by atoms with Crippen LogP contribution in [0.4, 0.5) is 0 Å². The van der Waals surface area contributed by atoms with Crippen LogP contribution < -0.4 is 5.32 Å². The second kappa shape index (κ2) is 5.98. The molecule has 0 aliphatic carbocycles. The van der Waals surface area contributed by atoms with Crippen LogP contribution in [-0.2, 0) is 9.53 Å². The van der Waals surface area contributed by atoms with Crippen LogP contribution in [0.1, 0.15) is 32.6 Å². The molecule has 1 aliphatic heterocycles. The Morgan fingerprint density at radius 3 is 3.00 bits per heavy atom. The van der Waals surface area contributed by atoms with E-state index in [1.807, 2.05) is 6.92 Å². The number of hydrogen-bond donors (Lipinski definition) is 2. The predicted octanol–water partition coefficient (Wildman–Crippen LogP) is 0.443. The quantitative estimate of drug-likeness (QED) is 0.678. The van der Waals surface area contributed by atoms with E-state index in [0.717, 1.165) is 19.3 Å². The molecule has 0 bridgehead atoms. The van der Waals surface area contributed by atoms with Crippen molar-refractivity contribution in [2.45, 2.75) is 44.8 Å². The van der Waals surface area contributed by atoms with E-state index in [4.69, 9.17) is 9.84 Å². The zero-order valence-corrected chi connectivity index (χ0v) is 8.66. The van der Waals surface area contributed by atoms with Gasteiger partial charge in [0.2, 0.25) is 5.91 Å². The van der Waals surface area contributed by atoms with Gasteiger partial charge in [-0.15, -0.1) is 0 Å². The van der Waals surface area contributed by atoms with Crippen molar-refractivity contribution in [1.82, 2.24) is 5.32 Å². The van der Waals surface area contributed by atoms with Crippen LogP contribution in [0.2, 0.25) is 0 Å². The van der Waals surface area contributed by atoms with Gasteiger partial charge in [-0.25, -0.2) is 0 Å². The van der Waals surface area contributed by atoms with E-state index in [0.29, 0.717) is 13.0 Å². The monoisotopic (exact) mass is 201 g/mol. The smallest absolute Gasteiger partial charge is 0.249 e. The van der Waals surface area contributed by atoms with Gasteiger partial charge in [-0.05, 0) is 25.7 Å². The Morgan fingerprint density at radius 2 is 2.50 bits per heavy atom. The standard InChI is InChI=1S/C10H19NO3/c1-2-8(5-6-12)11-10(13)9-4-3-7-14-9/h8-9,12H,2-7H2,1H3,(H,11,13). The number of aliphatic hydroxyl groups excluding tert-OH is 1. The molecule has 1 amide bonds. The first kappa shape index (κ1) is 11.5. The molecule has 0 saturated carbocycles. The summed E-state index contributed by atoms with van der Waals surface area (Å²) >= 11 is 0. The van der Waals surface area contributed by atoms with Gasteiger partial charge in [0.05, 0.1) is 0 Å². The highest BCUT2D eigenvalue weighted by atomic mass is 16.5. The molecule has 1 heterocycles. The highest BCUT2D eigenvalue weighted by Gasteiger charge is 2.24. The van der Waals surface area contributed by atoms with E-state index >= 15 is 0 Å². The van der Waals surface area contributed by atoms with Crippen molar-refractivity contribution in [3.63, 3.8) is 0 Å². The summed E-state index contributed by atoms with van der Waals surface area (Å²) in [7, 11) is 0. The summed E-state index contributed by atoms with van der Waals surface area (Å²) in [6.07, 6.45) is 2.99. The largest absolute Gasteiger partial charge is 0.396 e. The van der Waals surface area contributed by atoms with E-state index in [1.54, 1.807) is 0 Å². The first-order valence-electron chi connectivity index (χ1n) is 5.30. The molecule has 14 heavy (non-hydrogen) atoms. The number of ether oxygens (including phenoxy) is 1. The second-order valence-corrected chi connectivity index (χ2v) is 3.63. The first-order chi connectivity index (χ1) is 6.77. The zero-order chi connectivity index (χ0) is 10.4. The molecular weight excluding hydrogens is 182 g/mol. The Balaban J connectivity index is 2.29. The van der Waals surface area contributed by atoms with E-state index in [-0.39, 0.29) is 24.7 Å². The van der Waals surface area contributed by atoms with Crippen molar-refractivity contribution in [3.8, 4) is 0 Å². The molecule has 2 atom stereocenters. The van der Waals surface area contributed by atoms with Gasteiger partial charge >= 0.3 is 0 Å². The molecule has 1 rings (SSSR count). The van der Waals surface area contributed by atoms with Crippen LogP contribution >= 0.6 is 0 Å². The molecule has 4 heteroatoms. The summed E-state index contributed by atoms with van der Waals surface area (Å²) in [6, 6.07) is 0.0803. The SMILES string of the molecule is CCC(CCO)NC(=O)C1CCCO1. The molecule has 0 aromatic rings. The molecule has 1 fully saturated rings. The van der Waals surface area contributed by atoms with Crippen molar-refractivity contribution < 1.29 is 14.6 Å². The molecule has 0 spiro atoms. The Labute approximate surface area is 84.6 Å². The van der Waals surface area contributed by atoms with Gasteiger partial charge in [-0.3, -0.25) is 4.79 Å². The van der Waals surface area contributed by atoms with E-state index < -0.39 is 0 Å². The van der Waals surface area contributed by atoms with Crippen LogP contribution in [-0.4, -0.2) is 36.4 Å². The average Bonchev–Trinajstić information content (AvgIpc) is 2.69. The van der Waals surface area contributed by atoms with Crippen LogP contribution in [0.5, 0.6) is 0 Å². The number of amides is 1. The summed E-state index contributed by atoms with van der Waals surface area (Å²) in [5, 5.41) is 11.6. The lowest BCUT2D eigenvalue weighted by molar-refractivity contribution is -0.130. The lowest BCUT2D eigenvalue weighted by Gasteiger charge is -2.18. The van der Waals surface area contributed by atoms with Gasteiger partial charge in [0.15, 0.2) is 0 Å². The van der Waals surface area contributed by atoms with Gasteiger partial charge in [0.1, 0.15) is 6.10 Å². The molecule has 4 nitrogen and oxygen atoms in total. The summed E-state index contributed by atoms with van der Waals surface area (Å²) in [6.45, 7) is 2.80. The second-order valence-electron chi connectivity index (χ2n) is 3.63. The highest BCUT2D eigenvalue weighted by Crippen LogP contribution is 2.12. The fourth-order valence-electron chi connectivity index (χ4n) is 1.61. The molecule has 1 aliphatic rings. The minimum Gasteiger partial charge on any atom is -0.396 e.